The summed E-state index contributed by atoms with van der Waals surface area (Å²) in [4.78, 5) is 21.3. The monoisotopic (exact) mass is 501 g/mol. The third-order valence-electron chi connectivity index (χ3n) is 8.25. The van der Waals surface area contributed by atoms with Gasteiger partial charge in [0.1, 0.15) is 5.82 Å². The number of hydrogen-bond donors (Lipinski definition) is 3. The highest BCUT2D eigenvalue weighted by atomic mass is 35.5. The van der Waals surface area contributed by atoms with Crippen LogP contribution in [0, 0.1) is 11.7 Å². The number of amides is 1. The van der Waals surface area contributed by atoms with Crippen molar-refractivity contribution in [1.82, 2.24) is 20.1 Å². The van der Waals surface area contributed by atoms with Gasteiger partial charge in [-0.1, -0.05) is 24.3 Å². The summed E-state index contributed by atoms with van der Waals surface area (Å²) in [5.74, 6) is 0.102. The van der Waals surface area contributed by atoms with E-state index < -0.39 is 11.9 Å². The summed E-state index contributed by atoms with van der Waals surface area (Å²) >= 11 is 0. The van der Waals surface area contributed by atoms with E-state index in [0.717, 1.165) is 45.1 Å². The molecule has 6 rings (SSSR count). The molecule has 1 amide bonds. The molecule has 0 spiro atoms. The first kappa shape index (κ1) is 24.4. The first-order valence-corrected chi connectivity index (χ1v) is 12.5. The third kappa shape index (κ3) is 4.77. The number of hydrogen-bond acceptors (Lipinski definition) is 6. The zero-order valence-electron chi connectivity index (χ0n) is 19.7. The SMILES string of the molecule is Cl.O=C(c1cc(NC2CC3CC2CN3)ncc1F)N1CC[C@H](N2CCc3ccccc3C2)[C@@H](O)C1. The van der Waals surface area contributed by atoms with Crippen molar-refractivity contribution in [2.45, 2.75) is 56.5 Å². The highest BCUT2D eigenvalue weighted by Crippen LogP contribution is 2.33. The molecule has 2 aromatic rings. The summed E-state index contributed by atoms with van der Waals surface area (Å²) in [6.07, 6.45) is 4.29. The fourth-order valence-electron chi connectivity index (χ4n) is 6.38. The van der Waals surface area contributed by atoms with Crippen molar-refractivity contribution < 1.29 is 14.3 Å². The molecule has 188 valence electrons. The zero-order chi connectivity index (χ0) is 23.2. The largest absolute Gasteiger partial charge is 0.390 e. The molecule has 1 aliphatic carbocycles. The van der Waals surface area contributed by atoms with Crippen LogP contribution in [0.1, 0.15) is 40.7 Å². The smallest absolute Gasteiger partial charge is 0.257 e. The van der Waals surface area contributed by atoms with Crippen LogP contribution in [0.25, 0.3) is 0 Å². The maximum Gasteiger partial charge on any atom is 0.257 e. The van der Waals surface area contributed by atoms with Crippen LogP contribution in [0.4, 0.5) is 10.2 Å². The van der Waals surface area contributed by atoms with Crippen molar-refractivity contribution in [3.63, 3.8) is 0 Å². The van der Waals surface area contributed by atoms with E-state index in [9.17, 15) is 14.3 Å². The van der Waals surface area contributed by atoms with Gasteiger partial charge in [0.2, 0.25) is 0 Å². The standard InChI is InChI=1S/C26H32FN5O2.ClH/c27-21-13-29-25(30-22-10-19-9-18(22)12-28-19)11-20(21)26(34)32-8-6-23(24(33)15-32)31-7-5-16-3-1-2-4-17(16)14-31;/h1-4,11,13,18-19,22-24,28,33H,5-10,12,14-15H2,(H,29,30);1H/t18?,19?,22?,23-,24-;/m0./s1. The number of carbonyl (C=O) groups is 1. The Bertz CT molecular complexity index is 1090. The minimum Gasteiger partial charge on any atom is -0.390 e. The first-order chi connectivity index (χ1) is 16.5. The number of pyridine rings is 1. The van der Waals surface area contributed by atoms with E-state index in [4.69, 9.17) is 0 Å². The van der Waals surface area contributed by atoms with E-state index in [-0.39, 0.29) is 36.5 Å². The van der Waals surface area contributed by atoms with Crippen LogP contribution in [-0.2, 0) is 13.0 Å². The fraction of sp³-hybridized carbons (Fsp3) is 0.538. The topological polar surface area (TPSA) is 80.7 Å². The molecule has 1 saturated carbocycles. The van der Waals surface area contributed by atoms with Crippen molar-refractivity contribution in [3.8, 4) is 0 Å². The first-order valence-electron chi connectivity index (χ1n) is 12.5. The number of aliphatic hydroxyl groups excluding tert-OH is 1. The van der Waals surface area contributed by atoms with E-state index in [1.807, 2.05) is 0 Å². The Hall–Kier alpha value is -2.26. The zero-order valence-corrected chi connectivity index (χ0v) is 20.5. The molecule has 2 saturated heterocycles. The Morgan fingerprint density at radius 3 is 2.77 bits per heavy atom. The number of β-amino-alcohol motifs (C(OH)–C–C–N with tert-alkyl or cyclic N) is 1. The molecule has 4 heterocycles. The minimum atomic E-state index is -0.660. The lowest BCUT2D eigenvalue weighted by molar-refractivity contribution is -0.0138. The number of anilines is 1. The van der Waals surface area contributed by atoms with Gasteiger partial charge in [-0.15, -0.1) is 12.4 Å². The lowest BCUT2D eigenvalue weighted by Crippen LogP contribution is -2.56. The second kappa shape index (κ2) is 10.0. The van der Waals surface area contributed by atoms with Crippen molar-refractivity contribution in [3.05, 3.63) is 59.0 Å². The van der Waals surface area contributed by atoms with Crippen LogP contribution in [0.5, 0.6) is 0 Å². The number of rotatable bonds is 4. The highest BCUT2D eigenvalue weighted by molar-refractivity contribution is 5.95. The Balaban J connectivity index is 0.00000253. The number of likely N-dealkylation sites (tertiary alicyclic amines) is 1. The van der Waals surface area contributed by atoms with Crippen LogP contribution in [0.3, 0.4) is 0 Å². The second-order valence-electron chi connectivity index (χ2n) is 10.3. The Morgan fingerprint density at radius 1 is 1.20 bits per heavy atom. The molecule has 3 N–H and O–H groups in total. The second-order valence-corrected chi connectivity index (χ2v) is 10.3. The summed E-state index contributed by atoms with van der Waals surface area (Å²) in [5, 5.41) is 17.9. The molecule has 5 atom stereocenters. The van der Waals surface area contributed by atoms with Crippen molar-refractivity contribution in [1.29, 1.82) is 0 Å². The van der Waals surface area contributed by atoms with Gasteiger partial charge in [0.25, 0.3) is 5.91 Å². The molecule has 3 unspecified atom stereocenters. The maximum absolute atomic E-state index is 14.6. The van der Waals surface area contributed by atoms with E-state index in [1.165, 1.54) is 17.2 Å². The number of benzene rings is 1. The summed E-state index contributed by atoms with van der Waals surface area (Å²) < 4.78 is 14.6. The van der Waals surface area contributed by atoms with Gasteiger partial charge in [-0.05, 0) is 48.8 Å². The lowest BCUT2D eigenvalue weighted by Gasteiger charge is -2.43. The average molecular weight is 502 g/mol. The number of nitrogens with one attached hydrogen (secondary N) is 2. The molecule has 9 heteroatoms. The van der Waals surface area contributed by atoms with Gasteiger partial charge < -0.3 is 20.6 Å². The molecule has 35 heavy (non-hydrogen) atoms. The summed E-state index contributed by atoms with van der Waals surface area (Å²) in [7, 11) is 0. The number of nitrogens with zero attached hydrogens (tertiary/aromatic N) is 3. The third-order valence-corrected chi connectivity index (χ3v) is 8.25. The van der Waals surface area contributed by atoms with Gasteiger partial charge in [-0.3, -0.25) is 9.69 Å². The van der Waals surface area contributed by atoms with Crippen LogP contribution >= 0.6 is 12.4 Å². The molecule has 3 fully saturated rings. The van der Waals surface area contributed by atoms with Crippen molar-refractivity contribution >= 4 is 24.1 Å². The Kier molecular flexibility index (Phi) is 6.99. The molecule has 7 nitrogen and oxygen atoms in total. The lowest BCUT2D eigenvalue weighted by atomic mass is 9.94. The molecular weight excluding hydrogens is 469 g/mol. The van der Waals surface area contributed by atoms with E-state index in [2.05, 4.69) is 44.8 Å². The van der Waals surface area contributed by atoms with E-state index in [0.29, 0.717) is 36.8 Å². The van der Waals surface area contributed by atoms with Gasteiger partial charge in [-0.25, -0.2) is 9.37 Å². The number of piperidine rings is 2. The molecule has 1 aromatic heterocycles. The molecule has 2 bridgehead atoms. The molecule has 4 aliphatic rings. The minimum absolute atomic E-state index is 0. The molecule has 1 aromatic carbocycles. The molecule has 0 radical (unpaired) electrons. The van der Waals surface area contributed by atoms with Gasteiger partial charge in [0, 0.05) is 50.8 Å². The maximum atomic E-state index is 14.6. The summed E-state index contributed by atoms with van der Waals surface area (Å²) in [5.41, 5.74) is 2.71. The summed E-state index contributed by atoms with van der Waals surface area (Å²) in [6.45, 7) is 3.42. The van der Waals surface area contributed by atoms with Crippen LogP contribution in [0.15, 0.2) is 36.5 Å². The van der Waals surface area contributed by atoms with Gasteiger partial charge in [-0.2, -0.15) is 0 Å². The molecular formula is C26H33ClFN5O2. The predicted octanol–water partition coefficient (Wildman–Crippen LogP) is 2.44. The fourth-order valence-corrected chi connectivity index (χ4v) is 6.38. The van der Waals surface area contributed by atoms with Crippen LogP contribution in [-0.4, -0.2) is 76.2 Å². The van der Waals surface area contributed by atoms with Crippen LogP contribution in [0.2, 0.25) is 0 Å². The van der Waals surface area contributed by atoms with Crippen LogP contribution < -0.4 is 10.6 Å². The normalized spacial score (nSPS) is 30.0. The quantitative estimate of drug-likeness (QED) is 0.597. The van der Waals surface area contributed by atoms with Crippen molar-refractivity contribution in [2.24, 2.45) is 5.92 Å². The van der Waals surface area contributed by atoms with E-state index >= 15 is 0 Å². The highest BCUT2D eigenvalue weighted by Gasteiger charge is 2.40. The Morgan fingerprint density at radius 2 is 2.03 bits per heavy atom. The summed E-state index contributed by atoms with van der Waals surface area (Å²) in [6, 6.07) is 10.8. The van der Waals surface area contributed by atoms with Gasteiger partial charge in [0.15, 0.2) is 5.82 Å². The number of halogens is 2. The van der Waals surface area contributed by atoms with E-state index in [1.54, 1.807) is 4.90 Å². The number of aliphatic hydroxyl groups is 1. The molecule has 3 aliphatic heterocycles. The average Bonchev–Trinajstić information content (AvgIpc) is 3.48. The van der Waals surface area contributed by atoms with Gasteiger partial charge >= 0.3 is 0 Å². The Labute approximate surface area is 211 Å². The predicted molar refractivity (Wildman–Crippen MR) is 134 cm³/mol. The van der Waals surface area contributed by atoms with Crippen molar-refractivity contribution in [2.75, 3.05) is 31.5 Å². The van der Waals surface area contributed by atoms with Gasteiger partial charge in [0.05, 0.1) is 17.9 Å². The number of aromatic nitrogens is 1. The number of fused-ring (bicyclic) bond motifs is 3. The number of carbonyl (C=O) groups excluding carboxylic acids is 1.